The van der Waals surface area contributed by atoms with Gasteiger partial charge in [0.1, 0.15) is 0 Å². The molecule has 1 N–H and O–H groups in total. The van der Waals surface area contributed by atoms with Crippen LogP contribution in [0.4, 0.5) is 0 Å². The Morgan fingerprint density at radius 3 is 2.21 bits per heavy atom. The minimum absolute atomic E-state index is 0.127. The monoisotopic (exact) mass is 325 g/mol. The molecule has 0 saturated carbocycles. The average molecular weight is 325 g/mol. The Morgan fingerprint density at radius 1 is 1.08 bits per heavy atom. The number of esters is 1. The lowest BCUT2D eigenvalue weighted by Crippen LogP contribution is -2.23. The molecule has 1 aliphatic rings. The second-order valence-electron chi connectivity index (χ2n) is 6.80. The first-order chi connectivity index (χ1) is 11.3. The lowest BCUT2D eigenvalue weighted by Gasteiger charge is -2.19. The molecule has 3 rings (SSSR count). The molecule has 124 valence electrons. The highest BCUT2D eigenvalue weighted by Gasteiger charge is 2.39. The highest BCUT2D eigenvalue weighted by Crippen LogP contribution is 2.36. The number of aromatic nitrogens is 1. The highest BCUT2D eigenvalue weighted by atomic mass is 16.5. The van der Waals surface area contributed by atoms with Crippen molar-refractivity contribution < 1.29 is 19.1 Å². The fraction of sp³-hybridized carbons (Fsp3) is 0.316. The minimum Gasteiger partial charge on any atom is -0.462 e. The number of nitrogens with one attached hydrogen (secondary N) is 1. The molecule has 5 heteroatoms. The van der Waals surface area contributed by atoms with Gasteiger partial charge < -0.3 is 9.72 Å². The largest absolute Gasteiger partial charge is 0.462 e. The van der Waals surface area contributed by atoms with Gasteiger partial charge in [0.25, 0.3) is 0 Å². The molecule has 5 nitrogen and oxygen atoms in total. The summed E-state index contributed by atoms with van der Waals surface area (Å²) in [6.07, 6.45) is 0. The van der Waals surface area contributed by atoms with Gasteiger partial charge in [-0.25, -0.2) is 4.79 Å². The third kappa shape index (κ3) is 2.28. The van der Waals surface area contributed by atoms with Crippen LogP contribution < -0.4 is 0 Å². The van der Waals surface area contributed by atoms with E-state index >= 15 is 0 Å². The van der Waals surface area contributed by atoms with Gasteiger partial charge in [0.05, 0.1) is 23.4 Å². The van der Waals surface area contributed by atoms with E-state index < -0.39 is 11.4 Å². The SMILES string of the molecule is CCOC(=O)c1c(C(C)(C)C)[nH]c2c1C(=O)c1ccccc1C2=O. The molecule has 2 aromatic rings. The topological polar surface area (TPSA) is 76.2 Å². The summed E-state index contributed by atoms with van der Waals surface area (Å²) in [6.45, 7) is 7.64. The number of ketones is 2. The molecule has 1 aromatic carbocycles. The summed E-state index contributed by atoms with van der Waals surface area (Å²) in [5.41, 5.74) is 1.24. The maximum Gasteiger partial charge on any atom is 0.340 e. The first kappa shape index (κ1) is 16.2. The van der Waals surface area contributed by atoms with Crippen LogP contribution in [0.3, 0.4) is 0 Å². The summed E-state index contributed by atoms with van der Waals surface area (Å²) in [5, 5.41) is 0. The molecule has 24 heavy (non-hydrogen) atoms. The Balaban J connectivity index is 2.32. The molecule has 0 saturated heterocycles. The quantitative estimate of drug-likeness (QED) is 0.734. The fourth-order valence-electron chi connectivity index (χ4n) is 3.02. The van der Waals surface area contributed by atoms with E-state index in [1.54, 1.807) is 31.2 Å². The lowest BCUT2D eigenvalue weighted by atomic mass is 9.84. The van der Waals surface area contributed by atoms with Crippen molar-refractivity contribution in [3.8, 4) is 0 Å². The summed E-state index contributed by atoms with van der Waals surface area (Å²) < 4.78 is 5.14. The van der Waals surface area contributed by atoms with Gasteiger partial charge in [-0.15, -0.1) is 0 Å². The fourth-order valence-corrected chi connectivity index (χ4v) is 3.02. The van der Waals surface area contributed by atoms with Gasteiger partial charge in [-0.2, -0.15) is 0 Å². The number of carbonyl (C=O) groups excluding carboxylic acids is 3. The van der Waals surface area contributed by atoms with E-state index in [0.717, 1.165) is 0 Å². The summed E-state index contributed by atoms with van der Waals surface area (Å²) >= 11 is 0. The molecular weight excluding hydrogens is 306 g/mol. The van der Waals surface area contributed by atoms with Crippen molar-refractivity contribution in [2.45, 2.75) is 33.1 Å². The minimum atomic E-state index is -0.583. The normalized spacial score (nSPS) is 13.5. The van der Waals surface area contributed by atoms with Gasteiger partial charge >= 0.3 is 5.97 Å². The van der Waals surface area contributed by atoms with Crippen LogP contribution in [-0.2, 0) is 10.2 Å². The number of H-pyrrole nitrogens is 1. The maximum absolute atomic E-state index is 12.9. The van der Waals surface area contributed by atoms with E-state index in [1.807, 2.05) is 20.8 Å². The number of benzene rings is 1. The Kier molecular flexibility index (Phi) is 3.67. The van der Waals surface area contributed by atoms with Crippen molar-refractivity contribution in [3.63, 3.8) is 0 Å². The Labute approximate surface area is 140 Å². The van der Waals surface area contributed by atoms with Crippen LogP contribution in [-0.4, -0.2) is 29.1 Å². The molecule has 0 radical (unpaired) electrons. The molecule has 0 fully saturated rings. The molecule has 1 aromatic heterocycles. The number of fused-ring (bicyclic) bond motifs is 2. The van der Waals surface area contributed by atoms with Gasteiger partial charge in [0, 0.05) is 22.2 Å². The molecule has 0 amide bonds. The van der Waals surface area contributed by atoms with Crippen LogP contribution in [0.25, 0.3) is 0 Å². The Hall–Kier alpha value is -2.69. The molecule has 0 spiro atoms. The van der Waals surface area contributed by atoms with Crippen molar-refractivity contribution in [1.29, 1.82) is 0 Å². The number of hydrogen-bond acceptors (Lipinski definition) is 4. The van der Waals surface area contributed by atoms with E-state index in [0.29, 0.717) is 16.8 Å². The zero-order valence-electron chi connectivity index (χ0n) is 14.1. The number of rotatable bonds is 2. The highest BCUT2D eigenvalue weighted by molar-refractivity contribution is 6.30. The van der Waals surface area contributed by atoms with Crippen LogP contribution in [0.1, 0.15) is 75.7 Å². The standard InChI is InChI=1S/C19H19NO4/c1-5-24-18(23)13-12-14(20-17(13)19(2,3)4)16(22)11-9-7-6-8-10(11)15(12)21/h6-9,20H,5H2,1-4H3. The molecule has 0 bridgehead atoms. The molecule has 0 unspecified atom stereocenters. The first-order valence-electron chi connectivity index (χ1n) is 7.89. The molecule has 0 aliphatic heterocycles. The maximum atomic E-state index is 12.9. The number of ether oxygens (including phenoxy) is 1. The Morgan fingerprint density at radius 2 is 1.67 bits per heavy atom. The van der Waals surface area contributed by atoms with Gasteiger partial charge in [-0.3, -0.25) is 9.59 Å². The lowest BCUT2D eigenvalue weighted by molar-refractivity contribution is 0.0521. The zero-order valence-corrected chi connectivity index (χ0v) is 14.1. The van der Waals surface area contributed by atoms with E-state index in [1.165, 1.54) is 0 Å². The van der Waals surface area contributed by atoms with Crippen molar-refractivity contribution in [1.82, 2.24) is 4.98 Å². The predicted octanol–water partition coefficient (Wildman–Crippen LogP) is 3.26. The predicted molar refractivity (Wildman–Crippen MR) is 88.8 cm³/mol. The smallest absolute Gasteiger partial charge is 0.340 e. The van der Waals surface area contributed by atoms with Gasteiger partial charge in [-0.1, -0.05) is 45.0 Å². The zero-order chi connectivity index (χ0) is 17.6. The third-order valence-electron chi connectivity index (χ3n) is 4.10. The summed E-state index contributed by atoms with van der Waals surface area (Å²) in [7, 11) is 0. The second-order valence-corrected chi connectivity index (χ2v) is 6.80. The second kappa shape index (κ2) is 5.44. The van der Waals surface area contributed by atoms with E-state index in [9.17, 15) is 14.4 Å². The summed E-state index contributed by atoms with van der Waals surface area (Å²) in [6, 6.07) is 6.66. The van der Waals surface area contributed by atoms with Gasteiger partial charge in [0.15, 0.2) is 5.78 Å². The van der Waals surface area contributed by atoms with Crippen molar-refractivity contribution in [3.05, 3.63) is 57.9 Å². The van der Waals surface area contributed by atoms with Crippen LogP contribution in [0, 0.1) is 0 Å². The third-order valence-corrected chi connectivity index (χ3v) is 4.10. The molecule has 1 heterocycles. The average Bonchev–Trinajstić information content (AvgIpc) is 2.94. The summed E-state index contributed by atoms with van der Waals surface area (Å²) in [5.74, 6) is -1.18. The van der Waals surface area contributed by atoms with E-state index in [4.69, 9.17) is 4.74 Å². The number of carbonyl (C=O) groups is 3. The summed E-state index contributed by atoms with van der Waals surface area (Å²) in [4.78, 5) is 41.3. The number of aromatic amines is 1. The van der Waals surface area contributed by atoms with Crippen LogP contribution in [0.15, 0.2) is 24.3 Å². The van der Waals surface area contributed by atoms with Gasteiger partial charge in [-0.05, 0) is 6.92 Å². The van der Waals surface area contributed by atoms with Crippen LogP contribution in [0.5, 0.6) is 0 Å². The molecule has 1 aliphatic carbocycles. The van der Waals surface area contributed by atoms with E-state index in [-0.39, 0.29) is 35.0 Å². The van der Waals surface area contributed by atoms with Crippen LogP contribution >= 0.6 is 0 Å². The first-order valence-corrected chi connectivity index (χ1v) is 7.89. The van der Waals surface area contributed by atoms with Crippen molar-refractivity contribution in [2.75, 3.05) is 6.61 Å². The van der Waals surface area contributed by atoms with Crippen molar-refractivity contribution in [2.24, 2.45) is 0 Å². The van der Waals surface area contributed by atoms with Crippen LogP contribution in [0.2, 0.25) is 0 Å². The Bertz CT molecular complexity index is 868. The molecular formula is C19H19NO4. The molecule has 0 atom stereocenters. The van der Waals surface area contributed by atoms with Crippen molar-refractivity contribution >= 4 is 17.5 Å². The number of hydrogen-bond donors (Lipinski definition) is 1. The van der Waals surface area contributed by atoms with E-state index in [2.05, 4.69) is 4.98 Å². The van der Waals surface area contributed by atoms with Gasteiger partial charge in [0.2, 0.25) is 5.78 Å².